The van der Waals surface area contributed by atoms with Crippen molar-refractivity contribution in [1.82, 2.24) is 0 Å². The van der Waals surface area contributed by atoms with E-state index in [1.807, 2.05) is 19.1 Å². The Labute approximate surface area is 108 Å². The third-order valence-corrected chi connectivity index (χ3v) is 4.67. The van der Waals surface area contributed by atoms with Gasteiger partial charge in [-0.25, -0.2) is 8.42 Å². The van der Waals surface area contributed by atoms with Crippen LogP contribution in [0, 0.1) is 6.92 Å². The Balaban J connectivity index is 2.84. The van der Waals surface area contributed by atoms with Gasteiger partial charge in [-0.3, -0.25) is 4.79 Å². The minimum absolute atomic E-state index is 0.0488. The van der Waals surface area contributed by atoms with Crippen LogP contribution in [0.2, 0.25) is 0 Å². The molecule has 4 nitrogen and oxygen atoms in total. The van der Waals surface area contributed by atoms with E-state index in [-0.39, 0.29) is 17.9 Å². The number of rotatable bonds is 6. The zero-order chi connectivity index (χ0) is 13.8. The van der Waals surface area contributed by atoms with Crippen molar-refractivity contribution in [2.75, 3.05) is 11.5 Å². The highest BCUT2D eigenvalue weighted by Crippen LogP contribution is 2.21. The average molecular weight is 270 g/mol. The second-order valence-electron chi connectivity index (χ2n) is 4.33. The number of hydrogen-bond acceptors (Lipinski definition) is 3. The van der Waals surface area contributed by atoms with E-state index >= 15 is 0 Å². The molecule has 0 spiro atoms. The second-order valence-corrected chi connectivity index (χ2v) is 6.80. The number of aryl methyl sites for hydroxylation is 1. The first-order valence-electron chi connectivity index (χ1n) is 5.85. The molecule has 0 aliphatic rings. The maximum Gasteiger partial charge on any atom is 0.311 e. The van der Waals surface area contributed by atoms with E-state index in [4.69, 9.17) is 0 Å². The van der Waals surface area contributed by atoms with Crippen LogP contribution < -0.4 is 0 Å². The third kappa shape index (κ3) is 4.14. The number of aliphatic carboxylic acids is 1. The predicted molar refractivity (Wildman–Crippen MR) is 70.5 cm³/mol. The summed E-state index contributed by atoms with van der Waals surface area (Å²) in [5, 5.41) is 9.17. The molecule has 1 aromatic carbocycles. The maximum atomic E-state index is 11.4. The first-order chi connectivity index (χ1) is 8.35. The molecule has 0 fully saturated rings. The molecule has 18 heavy (non-hydrogen) atoms. The quantitative estimate of drug-likeness (QED) is 0.858. The predicted octanol–water partition coefficient (Wildman–Crippen LogP) is 1.99. The smallest absolute Gasteiger partial charge is 0.311 e. The van der Waals surface area contributed by atoms with E-state index in [1.165, 1.54) is 0 Å². The fraction of sp³-hybridized carbons (Fsp3) is 0.462. The summed E-state index contributed by atoms with van der Waals surface area (Å²) in [7, 11) is -3.13. The standard InChI is InChI=1S/C13H18O4S/c1-3-18(16,17)9-8-12(13(14)15)11-6-4-10(2)5-7-11/h4-7,12H,3,8-9H2,1-2H3,(H,14,15). The van der Waals surface area contributed by atoms with Crippen molar-refractivity contribution in [2.24, 2.45) is 0 Å². The summed E-state index contributed by atoms with van der Waals surface area (Å²) in [6.45, 7) is 3.48. The molecule has 5 heteroatoms. The Bertz CT molecular complexity index is 502. The molecule has 100 valence electrons. The molecular formula is C13H18O4S. The van der Waals surface area contributed by atoms with E-state index in [0.29, 0.717) is 5.56 Å². The van der Waals surface area contributed by atoms with Crippen molar-refractivity contribution in [2.45, 2.75) is 26.2 Å². The fourth-order valence-electron chi connectivity index (χ4n) is 1.67. The summed E-state index contributed by atoms with van der Waals surface area (Å²) < 4.78 is 22.8. The number of carboxylic acid groups (broad SMARTS) is 1. The van der Waals surface area contributed by atoms with Crippen LogP contribution in [0.25, 0.3) is 0 Å². The van der Waals surface area contributed by atoms with E-state index in [1.54, 1.807) is 19.1 Å². The maximum absolute atomic E-state index is 11.4. The van der Waals surface area contributed by atoms with Crippen LogP contribution in [0.3, 0.4) is 0 Å². The Morgan fingerprint density at radius 1 is 1.28 bits per heavy atom. The topological polar surface area (TPSA) is 71.4 Å². The molecule has 0 heterocycles. The number of hydrogen-bond donors (Lipinski definition) is 1. The van der Waals surface area contributed by atoms with Gasteiger partial charge in [0.25, 0.3) is 0 Å². The van der Waals surface area contributed by atoms with Crippen molar-refractivity contribution in [1.29, 1.82) is 0 Å². The van der Waals surface area contributed by atoms with Gasteiger partial charge in [0.2, 0.25) is 0 Å². The van der Waals surface area contributed by atoms with Crippen LogP contribution in [-0.4, -0.2) is 31.0 Å². The van der Waals surface area contributed by atoms with Gasteiger partial charge in [0.1, 0.15) is 9.84 Å². The summed E-state index contributed by atoms with van der Waals surface area (Å²) in [5.41, 5.74) is 1.70. The van der Waals surface area contributed by atoms with Gasteiger partial charge < -0.3 is 5.11 Å². The zero-order valence-corrected chi connectivity index (χ0v) is 11.4. The van der Waals surface area contributed by atoms with Gasteiger partial charge in [0.05, 0.1) is 11.7 Å². The molecule has 1 aromatic rings. The summed E-state index contributed by atoms with van der Waals surface area (Å²) in [4.78, 5) is 11.2. The van der Waals surface area contributed by atoms with E-state index < -0.39 is 21.7 Å². The first-order valence-corrected chi connectivity index (χ1v) is 7.67. The fourth-order valence-corrected chi connectivity index (χ4v) is 2.56. The van der Waals surface area contributed by atoms with Crippen molar-refractivity contribution < 1.29 is 18.3 Å². The lowest BCUT2D eigenvalue weighted by Crippen LogP contribution is -2.17. The van der Waals surface area contributed by atoms with E-state index in [2.05, 4.69) is 0 Å². The van der Waals surface area contributed by atoms with Crippen LogP contribution in [0.4, 0.5) is 0 Å². The molecule has 1 unspecified atom stereocenters. The summed E-state index contributed by atoms with van der Waals surface area (Å²) >= 11 is 0. The molecule has 1 N–H and O–H groups in total. The molecule has 1 rings (SSSR count). The van der Waals surface area contributed by atoms with Crippen molar-refractivity contribution >= 4 is 15.8 Å². The monoisotopic (exact) mass is 270 g/mol. The Kier molecular flexibility index (Phi) is 4.90. The summed E-state index contributed by atoms with van der Waals surface area (Å²) in [5.74, 6) is -1.78. The lowest BCUT2D eigenvalue weighted by molar-refractivity contribution is -0.138. The third-order valence-electron chi connectivity index (χ3n) is 2.94. The highest BCUT2D eigenvalue weighted by atomic mass is 32.2. The Morgan fingerprint density at radius 3 is 2.28 bits per heavy atom. The lowest BCUT2D eigenvalue weighted by atomic mass is 9.96. The van der Waals surface area contributed by atoms with Crippen LogP contribution >= 0.6 is 0 Å². The highest BCUT2D eigenvalue weighted by molar-refractivity contribution is 7.91. The average Bonchev–Trinajstić information content (AvgIpc) is 2.31. The minimum Gasteiger partial charge on any atom is -0.481 e. The molecular weight excluding hydrogens is 252 g/mol. The largest absolute Gasteiger partial charge is 0.481 e. The van der Waals surface area contributed by atoms with E-state index in [0.717, 1.165) is 5.56 Å². The van der Waals surface area contributed by atoms with Gasteiger partial charge in [0, 0.05) is 5.75 Å². The number of benzene rings is 1. The van der Waals surface area contributed by atoms with Gasteiger partial charge in [-0.15, -0.1) is 0 Å². The van der Waals surface area contributed by atoms with Crippen LogP contribution in [-0.2, 0) is 14.6 Å². The van der Waals surface area contributed by atoms with Gasteiger partial charge in [0.15, 0.2) is 0 Å². The van der Waals surface area contributed by atoms with Gasteiger partial charge in [-0.1, -0.05) is 36.8 Å². The van der Waals surface area contributed by atoms with Crippen molar-refractivity contribution in [3.63, 3.8) is 0 Å². The molecule has 0 saturated heterocycles. The molecule has 0 saturated carbocycles. The van der Waals surface area contributed by atoms with Gasteiger partial charge in [-0.2, -0.15) is 0 Å². The lowest BCUT2D eigenvalue weighted by Gasteiger charge is -2.12. The summed E-state index contributed by atoms with van der Waals surface area (Å²) in [6.07, 6.45) is 0.120. The second kappa shape index (κ2) is 6.00. The van der Waals surface area contributed by atoms with Gasteiger partial charge >= 0.3 is 5.97 Å². The van der Waals surface area contributed by atoms with Crippen molar-refractivity contribution in [3.8, 4) is 0 Å². The van der Waals surface area contributed by atoms with Crippen molar-refractivity contribution in [3.05, 3.63) is 35.4 Å². The zero-order valence-electron chi connectivity index (χ0n) is 10.6. The minimum atomic E-state index is -3.13. The molecule has 1 atom stereocenters. The number of carbonyl (C=O) groups is 1. The van der Waals surface area contributed by atoms with E-state index in [9.17, 15) is 18.3 Å². The van der Waals surface area contributed by atoms with Crippen LogP contribution in [0.5, 0.6) is 0 Å². The van der Waals surface area contributed by atoms with Crippen LogP contribution in [0.15, 0.2) is 24.3 Å². The normalized spacial score (nSPS) is 13.2. The highest BCUT2D eigenvalue weighted by Gasteiger charge is 2.22. The number of carboxylic acids is 1. The molecule has 0 radical (unpaired) electrons. The molecule has 0 aromatic heterocycles. The molecule has 0 aliphatic heterocycles. The molecule has 0 aliphatic carbocycles. The summed E-state index contributed by atoms with van der Waals surface area (Å²) in [6, 6.07) is 7.15. The van der Waals surface area contributed by atoms with Gasteiger partial charge in [-0.05, 0) is 18.9 Å². The molecule has 0 bridgehead atoms. The SMILES string of the molecule is CCS(=O)(=O)CCC(C(=O)O)c1ccc(C)cc1. The Hall–Kier alpha value is -1.36. The molecule has 0 amide bonds. The first kappa shape index (κ1) is 14.7. The van der Waals surface area contributed by atoms with Crippen LogP contribution in [0.1, 0.15) is 30.4 Å². The Morgan fingerprint density at radius 2 is 1.83 bits per heavy atom. The number of sulfone groups is 1.